The van der Waals surface area contributed by atoms with Gasteiger partial charge in [-0.25, -0.2) is 4.39 Å². The van der Waals surface area contributed by atoms with E-state index in [1.54, 1.807) is 19.2 Å². The van der Waals surface area contributed by atoms with Gasteiger partial charge in [0.2, 0.25) is 0 Å². The molecule has 0 aliphatic heterocycles. The number of benzene rings is 2. The van der Waals surface area contributed by atoms with Crippen LogP contribution in [0, 0.1) is 12.7 Å². The van der Waals surface area contributed by atoms with Crippen molar-refractivity contribution < 1.29 is 9.13 Å². The average molecular weight is 358 g/mol. The van der Waals surface area contributed by atoms with Gasteiger partial charge in [0.05, 0.1) is 7.11 Å². The van der Waals surface area contributed by atoms with Gasteiger partial charge in [-0.2, -0.15) is 0 Å². The molecule has 2 aromatic carbocycles. The zero-order valence-electron chi connectivity index (χ0n) is 11.3. The SMILES string of the molecule is COc1cc(C(Br)Cc2c(F)cccc2Cl)ccc1C. The van der Waals surface area contributed by atoms with Crippen LogP contribution in [0.4, 0.5) is 4.39 Å². The number of hydrogen-bond donors (Lipinski definition) is 0. The smallest absolute Gasteiger partial charge is 0.127 e. The molecule has 2 rings (SSSR count). The van der Waals surface area contributed by atoms with E-state index < -0.39 is 0 Å². The van der Waals surface area contributed by atoms with E-state index in [0.717, 1.165) is 16.9 Å². The summed E-state index contributed by atoms with van der Waals surface area (Å²) in [6, 6.07) is 10.7. The molecule has 0 aliphatic carbocycles. The molecule has 0 radical (unpaired) electrons. The Labute approximate surface area is 131 Å². The summed E-state index contributed by atoms with van der Waals surface area (Å²) >= 11 is 9.66. The molecule has 0 spiro atoms. The lowest BCUT2D eigenvalue weighted by Gasteiger charge is -2.14. The summed E-state index contributed by atoms with van der Waals surface area (Å²) in [5, 5.41) is 0.452. The molecule has 0 fully saturated rings. The third-order valence-electron chi connectivity index (χ3n) is 3.24. The predicted octanol–water partition coefficient (Wildman–Crippen LogP) is 5.47. The highest BCUT2D eigenvalue weighted by molar-refractivity contribution is 9.09. The molecule has 0 bridgehead atoms. The highest BCUT2D eigenvalue weighted by Gasteiger charge is 2.15. The topological polar surface area (TPSA) is 9.23 Å². The first-order chi connectivity index (χ1) is 9.52. The molecular formula is C16H15BrClFO. The van der Waals surface area contributed by atoms with Crippen molar-refractivity contribution in [2.45, 2.75) is 18.2 Å². The molecule has 0 aromatic heterocycles. The zero-order chi connectivity index (χ0) is 14.7. The standard InChI is InChI=1S/C16H15BrClFO/c1-10-6-7-11(8-16(10)20-2)13(17)9-12-14(18)4-3-5-15(12)19/h3-8,13H,9H2,1-2H3. The first kappa shape index (κ1) is 15.3. The van der Waals surface area contributed by atoms with E-state index in [0.29, 0.717) is 17.0 Å². The highest BCUT2D eigenvalue weighted by Crippen LogP contribution is 2.33. The second-order valence-electron chi connectivity index (χ2n) is 4.60. The Kier molecular flexibility index (Phi) is 5.06. The third kappa shape index (κ3) is 3.33. The molecule has 1 unspecified atom stereocenters. The second kappa shape index (κ2) is 6.59. The van der Waals surface area contributed by atoms with E-state index in [-0.39, 0.29) is 10.6 Å². The fraction of sp³-hybridized carbons (Fsp3) is 0.250. The van der Waals surface area contributed by atoms with Crippen LogP contribution in [0.1, 0.15) is 21.5 Å². The molecule has 0 N–H and O–H groups in total. The number of hydrogen-bond acceptors (Lipinski definition) is 1. The van der Waals surface area contributed by atoms with Crippen molar-refractivity contribution in [2.24, 2.45) is 0 Å². The Bertz CT molecular complexity index is 595. The van der Waals surface area contributed by atoms with Crippen LogP contribution in [0.25, 0.3) is 0 Å². The number of halogens is 3. The van der Waals surface area contributed by atoms with Crippen LogP contribution in [-0.2, 0) is 6.42 Å². The van der Waals surface area contributed by atoms with Crippen molar-refractivity contribution in [1.82, 2.24) is 0 Å². The summed E-state index contributed by atoms with van der Waals surface area (Å²) in [5.41, 5.74) is 2.63. The number of alkyl halides is 1. The van der Waals surface area contributed by atoms with Crippen molar-refractivity contribution in [3.8, 4) is 5.75 Å². The third-order valence-corrected chi connectivity index (χ3v) is 4.45. The van der Waals surface area contributed by atoms with Crippen molar-refractivity contribution in [1.29, 1.82) is 0 Å². The first-order valence-electron chi connectivity index (χ1n) is 6.24. The van der Waals surface area contributed by atoms with Gasteiger partial charge >= 0.3 is 0 Å². The fourth-order valence-electron chi connectivity index (χ4n) is 2.06. The van der Waals surface area contributed by atoms with Gasteiger partial charge in [0.25, 0.3) is 0 Å². The van der Waals surface area contributed by atoms with E-state index in [4.69, 9.17) is 16.3 Å². The molecule has 1 atom stereocenters. The molecular weight excluding hydrogens is 343 g/mol. The molecule has 0 amide bonds. The van der Waals surface area contributed by atoms with Crippen molar-refractivity contribution >= 4 is 27.5 Å². The van der Waals surface area contributed by atoms with Gasteiger partial charge in [-0.3, -0.25) is 0 Å². The van der Waals surface area contributed by atoms with Crippen LogP contribution in [0.2, 0.25) is 5.02 Å². The number of rotatable bonds is 4. The molecule has 2 aromatic rings. The Balaban J connectivity index is 2.26. The lowest BCUT2D eigenvalue weighted by molar-refractivity contribution is 0.411. The zero-order valence-corrected chi connectivity index (χ0v) is 13.6. The molecule has 106 valence electrons. The van der Waals surface area contributed by atoms with E-state index >= 15 is 0 Å². The van der Waals surface area contributed by atoms with Crippen LogP contribution >= 0.6 is 27.5 Å². The van der Waals surface area contributed by atoms with Crippen LogP contribution < -0.4 is 4.74 Å². The minimum Gasteiger partial charge on any atom is -0.496 e. The molecule has 4 heteroatoms. The Hall–Kier alpha value is -1.06. The van der Waals surface area contributed by atoms with E-state index in [2.05, 4.69) is 15.9 Å². The molecule has 1 nitrogen and oxygen atoms in total. The molecule has 0 saturated carbocycles. The normalized spacial score (nSPS) is 12.2. The second-order valence-corrected chi connectivity index (χ2v) is 6.11. The molecule has 0 heterocycles. The molecule has 0 saturated heterocycles. The maximum atomic E-state index is 13.8. The summed E-state index contributed by atoms with van der Waals surface area (Å²) in [4.78, 5) is -0.0219. The number of ether oxygens (including phenoxy) is 1. The predicted molar refractivity (Wildman–Crippen MR) is 84.5 cm³/mol. The summed E-state index contributed by atoms with van der Waals surface area (Å²) in [6.45, 7) is 1.99. The van der Waals surface area contributed by atoms with Gasteiger partial charge in [0.1, 0.15) is 11.6 Å². The summed E-state index contributed by atoms with van der Waals surface area (Å²) in [6.07, 6.45) is 0.484. The van der Waals surface area contributed by atoms with E-state index in [1.165, 1.54) is 6.07 Å². The van der Waals surface area contributed by atoms with Crippen molar-refractivity contribution in [3.05, 3.63) is 63.9 Å². The summed E-state index contributed by atoms with van der Waals surface area (Å²) in [7, 11) is 1.64. The summed E-state index contributed by atoms with van der Waals surface area (Å²) < 4.78 is 19.1. The summed E-state index contributed by atoms with van der Waals surface area (Å²) in [5.74, 6) is 0.549. The lowest BCUT2D eigenvalue weighted by atomic mass is 10.0. The van der Waals surface area contributed by atoms with Crippen LogP contribution in [0.3, 0.4) is 0 Å². The van der Waals surface area contributed by atoms with Gasteiger partial charge in [-0.1, -0.05) is 45.7 Å². The number of aryl methyl sites for hydroxylation is 1. The average Bonchev–Trinajstić information content (AvgIpc) is 2.43. The Morgan fingerprint density at radius 2 is 2.05 bits per heavy atom. The van der Waals surface area contributed by atoms with Crippen LogP contribution in [0.5, 0.6) is 5.75 Å². The maximum absolute atomic E-state index is 13.8. The minimum absolute atomic E-state index is 0.0219. The quantitative estimate of drug-likeness (QED) is 0.659. The number of methoxy groups -OCH3 is 1. The highest BCUT2D eigenvalue weighted by atomic mass is 79.9. The Morgan fingerprint density at radius 1 is 1.30 bits per heavy atom. The molecule has 20 heavy (non-hydrogen) atoms. The van der Waals surface area contributed by atoms with E-state index in [9.17, 15) is 4.39 Å². The molecule has 0 aliphatic rings. The first-order valence-corrected chi connectivity index (χ1v) is 7.53. The minimum atomic E-state index is -0.277. The largest absolute Gasteiger partial charge is 0.496 e. The monoisotopic (exact) mass is 356 g/mol. The van der Waals surface area contributed by atoms with Gasteiger partial charge < -0.3 is 4.74 Å². The van der Waals surface area contributed by atoms with E-state index in [1.807, 2.05) is 25.1 Å². The lowest BCUT2D eigenvalue weighted by Crippen LogP contribution is -2.00. The maximum Gasteiger partial charge on any atom is 0.127 e. The van der Waals surface area contributed by atoms with Gasteiger partial charge in [-0.15, -0.1) is 0 Å². The van der Waals surface area contributed by atoms with Gasteiger partial charge in [0, 0.05) is 15.4 Å². The van der Waals surface area contributed by atoms with Crippen molar-refractivity contribution in [3.63, 3.8) is 0 Å². The fourth-order valence-corrected chi connectivity index (χ4v) is 2.90. The van der Waals surface area contributed by atoms with Gasteiger partial charge in [0.15, 0.2) is 0 Å². The van der Waals surface area contributed by atoms with Gasteiger partial charge in [-0.05, 0) is 42.7 Å². The van der Waals surface area contributed by atoms with Crippen molar-refractivity contribution in [2.75, 3.05) is 7.11 Å². The van der Waals surface area contributed by atoms with Crippen LogP contribution in [-0.4, -0.2) is 7.11 Å². The van der Waals surface area contributed by atoms with Crippen LogP contribution in [0.15, 0.2) is 36.4 Å². The Morgan fingerprint density at radius 3 is 2.70 bits per heavy atom.